The second kappa shape index (κ2) is 7.11. The highest BCUT2D eigenvalue weighted by Crippen LogP contribution is 2.34. The lowest BCUT2D eigenvalue weighted by Crippen LogP contribution is -2.40. The fourth-order valence-electron chi connectivity index (χ4n) is 2.49. The standard InChI is InChI=1S/C16H21NO4/c1-3-9-17(10-15(18)20-4-2)16(19)13-11-21-14-8-6-5-7-12(13)14/h5-8,13H,3-4,9-11H2,1-2H3. The maximum absolute atomic E-state index is 12.7. The summed E-state index contributed by atoms with van der Waals surface area (Å²) in [5, 5.41) is 0. The summed E-state index contributed by atoms with van der Waals surface area (Å²) in [7, 11) is 0. The Hall–Kier alpha value is -2.04. The first-order valence-corrected chi connectivity index (χ1v) is 7.33. The molecule has 1 aromatic rings. The van der Waals surface area contributed by atoms with Gasteiger partial charge in [0, 0.05) is 12.1 Å². The molecule has 0 spiro atoms. The Kier molecular flexibility index (Phi) is 5.20. The first-order chi connectivity index (χ1) is 10.2. The van der Waals surface area contributed by atoms with Crippen molar-refractivity contribution in [1.82, 2.24) is 4.90 Å². The number of fused-ring (bicyclic) bond motifs is 1. The third-order valence-electron chi connectivity index (χ3n) is 3.43. The Labute approximate surface area is 124 Å². The molecule has 1 amide bonds. The quantitative estimate of drug-likeness (QED) is 0.752. The van der Waals surface area contributed by atoms with Crippen LogP contribution in [0.25, 0.3) is 0 Å². The molecule has 2 rings (SSSR count). The molecule has 0 saturated carbocycles. The summed E-state index contributed by atoms with van der Waals surface area (Å²) in [6, 6.07) is 7.54. The lowest BCUT2D eigenvalue weighted by Gasteiger charge is -2.23. The zero-order valence-corrected chi connectivity index (χ0v) is 12.5. The smallest absolute Gasteiger partial charge is 0.325 e. The third-order valence-corrected chi connectivity index (χ3v) is 3.43. The molecule has 5 heteroatoms. The van der Waals surface area contributed by atoms with Crippen LogP contribution in [0.5, 0.6) is 5.75 Å². The first kappa shape index (κ1) is 15.4. The average molecular weight is 291 g/mol. The van der Waals surface area contributed by atoms with Gasteiger partial charge in [0.05, 0.1) is 6.61 Å². The predicted octanol–water partition coefficient (Wildman–Crippen LogP) is 1.96. The number of carbonyl (C=O) groups is 2. The van der Waals surface area contributed by atoms with Crippen LogP contribution in [0.1, 0.15) is 31.7 Å². The number of ether oxygens (including phenoxy) is 2. The number of hydrogen-bond acceptors (Lipinski definition) is 4. The van der Waals surface area contributed by atoms with Gasteiger partial charge in [-0.15, -0.1) is 0 Å². The van der Waals surface area contributed by atoms with Crippen LogP contribution in [0.15, 0.2) is 24.3 Å². The average Bonchev–Trinajstić information content (AvgIpc) is 2.90. The maximum Gasteiger partial charge on any atom is 0.325 e. The van der Waals surface area contributed by atoms with E-state index in [-0.39, 0.29) is 24.3 Å². The lowest BCUT2D eigenvalue weighted by molar-refractivity contribution is -0.149. The Morgan fingerprint density at radius 2 is 2.10 bits per heavy atom. The Bertz CT molecular complexity index is 515. The molecule has 1 aromatic carbocycles. The van der Waals surface area contributed by atoms with Crippen LogP contribution in [0.3, 0.4) is 0 Å². The van der Waals surface area contributed by atoms with E-state index < -0.39 is 0 Å². The summed E-state index contributed by atoms with van der Waals surface area (Å²) in [6.45, 7) is 4.93. The Morgan fingerprint density at radius 3 is 2.81 bits per heavy atom. The number of carbonyl (C=O) groups excluding carboxylic acids is 2. The number of para-hydroxylation sites is 1. The number of esters is 1. The zero-order chi connectivity index (χ0) is 15.2. The van der Waals surface area contributed by atoms with Gasteiger partial charge in [-0.2, -0.15) is 0 Å². The monoisotopic (exact) mass is 291 g/mol. The summed E-state index contributed by atoms with van der Waals surface area (Å²) in [5.74, 6) is -0.0213. The molecule has 1 heterocycles. The molecule has 0 aromatic heterocycles. The van der Waals surface area contributed by atoms with E-state index in [0.717, 1.165) is 17.7 Å². The van der Waals surface area contributed by atoms with Gasteiger partial charge in [-0.05, 0) is 19.4 Å². The molecule has 1 aliphatic heterocycles. The number of hydrogen-bond donors (Lipinski definition) is 0. The van der Waals surface area contributed by atoms with E-state index in [1.165, 1.54) is 0 Å². The van der Waals surface area contributed by atoms with Crippen molar-refractivity contribution in [2.45, 2.75) is 26.2 Å². The van der Waals surface area contributed by atoms with Crippen molar-refractivity contribution in [1.29, 1.82) is 0 Å². The van der Waals surface area contributed by atoms with E-state index in [9.17, 15) is 9.59 Å². The fourth-order valence-corrected chi connectivity index (χ4v) is 2.49. The summed E-state index contributed by atoms with van der Waals surface area (Å²) in [6.07, 6.45) is 0.792. The minimum absolute atomic E-state index is 0.000813. The number of benzene rings is 1. The van der Waals surface area contributed by atoms with Gasteiger partial charge < -0.3 is 14.4 Å². The molecule has 0 aliphatic carbocycles. The normalized spacial score (nSPS) is 16.0. The van der Waals surface area contributed by atoms with E-state index in [0.29, 0.717) is 19.8 Å². The number of nitrogens with zero attached hydrogens (tertiary/aromatic N) is 1. The molecular formula is C16H21NO4. The van der Waals surface area contributed by atoms with E-state index in [4.69, 9.17) is 9.47 Å². The van der Waals surface area contributed by atoms with Gasteiger partial charge in [0.15, 0.2) is 0 Å². The minimum Gasteiger partial charge on any atom is -0.492 e. The Balaban J connectivity index is 2.10. The predicted molar refractivity (Wildman–Crippen MR) is 78.2 cm³/mol. The molecule has 21 heavy (non-hydrogen) atoms. The summed E-state index contributed by atoms with van der Waals surface area (Å²) < 4.78 is 10.5. The van der Waals surface area contributed by atoms with E-state index in [2.05, 4.69) is 0 Å². The summed E-state index contributed by atoms with van der Waals surface area (Å²) in [5.41, 5.74) is 0.896. The number of rotatable bonds is 6. The van der Waals surface area contributed by atoms with Crippen molar-refractivity contribution in [3.63, 3.8) is 0 Å². The Morgan fingerprint density at radius 1 is 1.33 bits per heavy atom. The maximum atomic E-state index is 12.7. The van der Waals surface area contributed by atoms with Crippen molar-refractivity contribution in [3.05, 3.63) is 29.8 Å². The van der Waals surface area contributed by atoms with Crippen LogP contribution in [-0.4, -0.2) is 43.1 Å². The molecule has 5 nitrogen and oxygen atoms in total. The van der Waals surface area contributed by atoms with Gasteiger partial charge in [0.2, 0.25) is 5.91 Å². The van der Waals surface area contributed by atoms with Crippen LogP contribution >= 0.6 is 0 Å². The number of amides is 1. The van der Waals surface area contributed by atoms with Gasteiger partial charge in [0.1, 0.15) is 24.8 Å². The molecule has 0 N–H and O–H groups in total. The molecule has 1 atom stereocenters. The van der Waals surface area contributed by atoms with Gasteiger partial charge in [0.25, 0.3) is 0 Å². The fraction of sp³-hybridized carbons (Fsp3) is 0.500. The van der Waals surface area contributed by atoms with Crippen molar-refractivity contribution in [2.75, 3.05) is 26.3 Å². The van der Waals surface area contributed by atoms with Crippen LogP contribution in [-0.2, 0) is 14.3 Å². The second-order valence-electron chi connectivity index (χ2n) is 4.97. The highest BCUT2D eigenvalue weighted by molar-refractivity contribution is 5.88. The van der Waals surface area contributed by atoms with Crippen molar-refractivity contribution >= 4 is 11.9 Å². The molecule has 1 unspecified atom stereocenters. The first-order valence-electron chi connectivity index (χ1n) is 7.33. The topological polar surface area (TPSA) is 55.8 Å². The van der Waals surface area contributed by atoms with Crippen molar-refractivity contribution in [2.24, 2.45) is 0 Å². The zero-order valence-electron chi connectivity index (χ0n) is 12.5. The molecule has 0 saturated heterocycles. The van der Waals surface area contributed by atoms with Crippen molar-refractivity contribution < 1.29 is 19.1 Å². The lowest BCUT2D eigenvalue weighted by atomic mass is 10.00. The molecular weight excluding hydrogens is 270 g/mol. The van der Waals surface area contributed by atoms with Crippen LogP contribution in [0.4, 0.5) is 0 Å². The van der Waals surface area contributed by atoms with Crippen LogP contribution in [0.2, 0.25) is 0 Å². The molecule has 0 fully saturated rings. The van der Waals surface area contributed by atoms with Gasteiger partial charge in [-0.3, -0.25) is 9.59 Å². The van der Waals surface area contributed by atoms with E-state index in [1.807, 2.05) is 31.2 Å². The largest absolute Gasteiger partial charge is 0.492 e. The SMILES string of the molecule is CCCN(CC(=O)OCC)C(=O)C1COc2ccccc21. The van der Waals surface area contributed by atoms with Crippen molar-refractivity contribution in [3.8, 4) is 5.75 Å². The van der Waals surface area contributed by atoms with E-state index >= 15 is 0 Å². The molecule has 0 bridgehead atoms. The summed E-state index contributed by atoms with van der Waals surface area (Å²) >= 11 is 0. The highest BCUT2D eigenvalue weighted by atomic mass is 16.5. The van der Waals surface area contributed by atoms with Gasteiger partial charge >= 0.3 is 5.97 Å². The van der Waals surface area contributed by atoms with Gasteiger partial charge in [-0.25, -0.2) is 0 Å². The van der Waals surface area contributed by atoms with Gasteiger partial charge in [-0.1, -0.05) is 25.1 Å². The summed E-state index contributed by atoms with van der Waals surface area (Å²) in [4.78, 5) is 25.9. The third kappa shape index (κ3) is 3.54. The highest BCUT2D eigenvalue weighted by Gasteiger charge is 2.33. The van der Waals surface area contributed by atoms with Crippen LogP contribution < -0.4 is 4.74 Å². The second-order valence-corrected chi connectivity index (χ2v) is 4.97. The van der Waals surface area contributed by atoms with E-state index in [1.54, 1.807) is 11.8 Å². The molecule has 0 radical (unpaired) electrons. The minimum atomic E-state index is -0.369. The molecule has 1 aliphatic rings. The van der Waals surface area contributed by atoms with Crippen LogP contribution in [0, 0.1) is 0 Å². The molecule has 114 valence electrons.